The molecule has 0 fully saturated rings. The van der Waals surface area contributed by atoms with Gasteiger partial charge in [0.2, 0.25) is 10.0 Å². The first-order chi connectivity index (χ1) is 9.94. The molecular weight excluding hydrogens is 356 g/mol. The predicted molar refractivity (Wildman–Crippen MR) is 84.2 cm³/mol. The smallest absolute Gasteiger partial charge is 0.240 e. The number of aromatic nitrogens is 2. The Labute approximate surface area is 132 Å². The van der Waals surface area contributed by atoms with Gasteiger partial charge in [0.15, 0.2) is 0 Å². The first kappa shape index (κ1) is 16.2. The number of nitrogens with zero attached hydrogens (tertiary/aromatic N) is 2. The van der Waals surface area contributed by atoms with Gasteiger partial charge in [-0.3, -0.25) is 0 Å². The van der Waals surface area contributed by atoms with Crippen LogP contribution in [0.2, 0.25) is 0 Å². The third kappa shape index (κ3) is 3.91. The number of nitrogens with one attached hydrogen (secondary N) is 1. The predicted octanol–water partition coefficient (Wildman–Crippen LogP) is 1.39. The van der Waals surface area contributed by atoms with Crippen LogP contribution in [0.3, 0.4) is 0 Å². The van der Waals surface area contributed by atoms with E-state index in [1.54, 1.807) is 31.7 Å². The van der Waals surface area contributed by atoms with E-state index < -0.39 is 10.0 Å². The van der Waals surface area contributed by atoms with Crippen LogP contribution in [0.5, 0.6) is 0 Å². The van der Waals surface area contributed by atoms with Crippen molar-refractivity contribution in [1.29, 1.82) is 0 Å². The fourth-order valence-corrected chi connectivity index (χ4v) is 3.88. The van der Waals surface area contributed by atoms with E-state index in [1.165, 1.54) is 0 Å². The molecule has 6 nitrogen and oxygen atoms in total. The summed E-state index contributed by atoms with van der Waals surface area (Å²) in [6.45, 7) is 2.86. The Balaban J connectivity index is 2.17. The summed E-state index contributed by atoms with van der Waals surface area (Å²) in [5.74, 6) is 0. The number of imidazole rings is 1. The number of hydrogen-bond donors (Lipinski definition) is 2. The van der Waals surface area contributed by atoms with E-state index in [9.17, 15) is 8.42 Å². The number of benzene rings is 1. The number of halogens is 1. The average molecular weight is 373 g/mol. The van der Waals surface area contributed by atoms with Crippen LogP contribution in [0.1, 0.15) is 11.1 Å². The Kier molecular flexibility index (Phi) is 5.15. The summed E-state index contributed by atoms with van der Waals surface area (Å²) < 4.78 is 29.9. The van der Waals surface area contributed by atoms with Crippen LogP contribution in [0.25, 0.3) is 0 Å². The molecule has 0 aliphatic carbocycles. The van der Waals surface area contributed by atoms with E-state index in [-0.39, 0.29) is 11.4 Å². The Morgan fingerprint density at radius 1 is 1.43 bits per heavy atom. The summed E-state index contributed by atoms with van der Waals surface area (Å²) in [7, 11) is -3.57. The monoisotopic (exact) mass is 372 g/mol. The van der Waals surface area contributed by atoms with Crippen LogP contribution in [-0.2, 0) is 23.1 Å². The van der Waals surface area contributed by atoms with Gasteiger partial charge in [-0.1, -0.05) is 15.9 Å². The highest BCUT2D eigenvalue weighted by atomic mass is 79.9. The van der Waals surface area contributed by atoms with Gasteiger partial charge >= 0.3 is 0 Å². The summed E-state index contributed by atoms with van der Waals surface area (Å²) in [5, 5.41) is 0. The fourth-order valence-electron chi connectivity index (χ4n) is 1.91. The standard InChI is InChI=1S/C13H17BrN4O2S/c1-10-12(14)6-11(8-15)7-13(10)21(19,20)17-3-5-18-4-2-16-9-18/h2,4,6-7,9,17H,3,5,8,15H2,1H3. The SMILES string of the molecule is Cc1c(Br)cc(CN)cc1S(=O)(=O)NCCn1ccnc1. The van der Waals surface area contributed by atoms with E-state index in [0.29, 0.717) is 18.7 Å². The first-order valence-corrected chi connectivity index (χ1v) is 8.66. The van der Waals surface area contributed by atoms with Crippen molar-refractivity contribution in [1.82, 2.24) is 14.3 Å². The van der Waals surface area contributed by atoms with Gasteiger partial charge < -0.3 is 10.3 Å². The molecule has 1 aromatic carbocycles. The van der Waals surface area contributed by atoms with Crippen LogP contribution in [0, 0.1) is 6.92 Å². The Morgan fingerprint density at radius 2 is 2.19 bits per heavy atom. The molecule has 2 aromatic rings. The molecule has 0 spiro atoms. The molecule has 114 valence electrons. The van der Waals surface area contributed by atoms with Crippen LogP contribution in [0.15, 0.2) is 40.2 Å². The number of rotatable bonds is 6. The zero-order chi connectivity index (χ0) is 15.5. The highest BCUT2D eigenvalue weighted by molar-refractivity contribution is 9.10. The van der Waals surface area contributed by atoms with E-state index in [4.69, 9.17) is 5.73 Å². The third-order valence-electron chi connectivity index (χ3n) is 3.10. The van der Waals surface area contributed by atoms with Crippen LogP contribution < -0.4 is 10.5 Å². The lowest BCUT2D eigenvalue weighted by Crippen LogP contribution is -2.28. The highest BCUT2D eigenvalue weighted by Gasteiger charge is 2.18. The summed E-state index contributed by atoms with van der Waals surface area (Å²) in [6.07, 6.45) is 5.08. The van der Waals surface area contributed by atoms with Crippen molar-refractivity contribution in [3.8, 4) is 0 Å². The quantitative estimate of drug-likeness (QED) is 0.801. The van der Waals surface area contributed by atoms with E-state index in [2.05, 4.69) is 25.6 Å². The maximum atomic E-state index is 12.4. The van der Waals surface area contributed by atoms with Crippen LogP contribution >= 0.6 is 15.9 Å². The van der Waals surface area contributed by atoms with E-state index in [0.717, 1.165) is 10.0 Å². The van der Waals surface area contributed by atoms with Crippen LogP contribution in [0.4, 0.5) is 0 Å². The highest BCUT2D eigenvalue weighted by Crippen LogP contribution is 2.25. The summed E-state index contributed by atoms with van der Waals surface area (Å²) >= 11 is 3.37. The summed E-state index contributed by atoms with van der Waals surface area (Å²) in [6, 6.07) is 3.44. The Hall–Kier alpha value is -1.22. The van der Waals surface area contributed by atoms with Crippen LogP contribution in [-0.4, -0.2) is 24.5 Å². The molecule has 0 unspecified atom stereocenters. The minimum absolute atomic E-state index is 0.253. The molecule has 0 bridgehead atoms. The first-order valence-electron chi connectivity index (χ1n) is 6.38. The molecule has 0 aliphatic rings. The molecule has 1 aromatic heterocycles. The summed E-state index contributed by atoms with van der Waals surface area (Å²) in [5.41, 5.74) is 7.03. The summed E-state index contributed by atoms with van der Waals surface area (Å²) in [4.78, 5) is 4.16. The molecule has 0 radical (unpaired) electrons. The second kappa shape index (κ2) is 6.69. The number of sulfonamides is 1. The lowest BCUT2D eigenvalue weighted by atomic mass is 10.1. The van der Waals surface area contributed by atoms with Crippen molar-refractivity contribution in [3.05, 3.63) is 46.5 Å². The maximum Gasteiger partial charge on any atom is 0.240 e. The van der Waals surface area contributed by atoms with E-state index in [1.807, 2.05) is 10.6 Å². The number of hydrogen-bond acceptors (Lipinski definition) is 4. The molecule has 0 atom stereocenters. The molecule has 0 saturated carbocycles. The van der Waals surface area contributed by atoms with Crippen molar-refractivity contribution in [2.75, 3.05) is 6.54 Å². The Bertz CT molecular complexity index is 714. The zero-order valence-electron chi connectivity index (χ0n) is 11.6. The molecular formula is C13H17BrN4O2S. The molecule has 3 N–H and O–H groups in total. The molecule has 1 heterocycles. The minimum Gasteiger partial charge on any atom is -0.336 e. The van der Waals surface area contributed by atoms with Gasteiger partial charge in [0.1, 0.15) is 0 Å². The van der Waals surface area contributed by atoms with Gasteiger partial charge in [-0.2, -0.15) is 0 Å². The van der Waals surface area contributed by atoms with Gasteiger partial charge in [-0.05, 0) is 30.2 Å². The van der Waals surface area contributed by atoms with Gasteiger partial charge in [0.25, 0.3) is 0 Å². The third-order valence-corrected chi connectivity index (χ3v) is 5.51. The van der Waals surface area contributed by atoms with Crippen molar-refractivity contribution in [3.63, 3.8) is 0 Å². The zero-order valence-corrected chi connectivity index (χ0v) is 14.0. The maximum absolute atomic E-state index is 12.4. The molecule has 0 aliphatic heterocycles. The van der Waals surface area contributed by atoms with Gasteiger partial charge in [-0.15, -0.1) is 0 Å². The molecule has 21 heavy (non-hydrogen) atoms. The van der Waals surface area contributed by atoms with Gasteiger partial charge in [0.05, 0.1) is 11.2 Å². The van der Waals surface area contributed by atoms with Gasteiger partial charge in [-0.25, -0.2) is 18.1 Å². The van der Waals surface area contributed by atoms with Crippen molar-refractivity contribution in [2.24, 2.45) is 5.73 Å². The topological polar surface area (TPSA) is 90.0 Å². The molecule has 0 saturated heterocycles. The van der Waals surface area contributed by atoms with Crippen molar-refractivity contribution in [2.45, 2.75) is 24.9 Å². The number of nitrogens with two attached hydrogens (primary N) is 1. The van der Waals surface area contributed by atoms with Crippen molar-refractivity contribution >= 4 is 26.0 Å². The van der Waals surface area contributed by atoms with E-state index >= 15 is 0 Å². The fraction of sp³-hybridized carbons (Fsp3) is 0.308. The molecule has 2 rings (SSSR count). The lowest BCUT2D eigenvalue weighted by Gasteiger charge is -2.12. The lowest BCUT2D eigenvalue weighted by molar-refractivity contribution is 0.572. The van der Waals surface area contributed by atoms with Crippen molar-refractivity contribution < 1.29 is 8.42 Å². The second-order valence-corrected chi connectivity index (χ2v) is 7.19. The molecule has 8 heteroatoms. The molecule has 0 amide bonds. The normalized spacial score (nSPS) is 11.8. The largest absolute Gasteiger partial charge is 0.336 e. The van der Waals surface area contributed by atoms with Gasteiger partial charge in [0, 0.05) is 36.5 Å². The Morgan fingerprint density at radius 3 is 2.81 bits per heavy atom. The second-order valence-electron chi connectivity index (χ2n) is 4.60. The minimum atomic E-state index is -3.57. The average Bonchev–Trinajstić information content (AvgIpc) is 2.94.